The van der Waals surface area contributed by atoms with Gasteiger partial charge in [0.25, 0.3) is 5.69 Å². The van der Waals surface area contributed by atoms with Crippen molar-refractivity contribution < 1.29 is 24.0 Å². The summed E-state index contributed by atoms with van der Waals surface area (Å²) in [5.74, 6) is -0.0425. The summed E-state index contributed by atoms with van der Waals surface area (Å²) in [5.41, 5.74) is 7.51. The fourth-order valence-corrected chi connectivity index (χ4v) is 3.06. The van der Waals surface area contributed by atoms with E-state index in [1.54, 1.807) is 24.4 Å². The fourth-order valence-electron chi connectivity index (χ4n) is 3.06. The lowest BCUT2D eigenvalue weighted by Gasteiger charge is -2.10. The topological polar surface area (TPSA) is 127 Å². The minimum absolute atomic E-state index is 0.0935. The molecule has 144 valence electrons. The Morgan fingerprint density at radius 3 is 2.50 bits per heavy atom. The number of ether oxygens (including phenoxy) is 2. The molecule has 0 spiro atoms. The Labute approximate surface area is 159 Å². The molecule has 0 aliphatic carbocycles. The molecule has 3 aromatic rings. The van der Waals surface area contributed by atoms with E-state index < -0.39 is 16.9 Å². The molecule has 3 rings (SSSR count). The minimum atomic E-state index is -0.696. The zero-order valence-electron chi connectivity index (χ0n) is 15.2. The van der Waals surface area contributed by atoms with Gasteiger partial charge in [0.05, 0.1) is 30.2 Å². The number of hydrogen-bond donors (Lipinski definition) is 1. The van der Waals surface area contributed by atoms with Crippen molar-refractivity contribution in [3.63, 3.8) is 0 Å². The van der Waals surface area contributed by atoms with Gasteiger partial charge in [-0.1, -0.05) is 6.07 Å². The van der Waals surface area contributed by atoms with Gasteiger partial charge in [0.15, 0.2) is 0 Å². The molecule has 9 nitrogen and oxygen atoms in total. The van der Waals surface area contributed by atoms with Gasteiger partial charge in [0.1, 0.15) is 5.75 Å². The summed E-state index contributed by atoms with van der Waals surface area (Å²) in [6.45, 7) is 0. The van der Waals surface area contributed by atoms with Crippen molar-refractivity contribution in [2.45, 2.75) is 6.42 Å². The van der Waals surface area contributed by atoms with E-state index in [1.165, 1.54) is 37.0 Å². The Morgan fingerprint density at radius 2 is 1.89 bits per heavy atom. The highest BCUT2D eigenvalue weighted by Gasteiger charge is 2.18. The number of amides is 1. The molecule has 0 unspecified atom stereocenters. The molecular weight excluding hydrogens is 366 g/mol. The average molecular weight is 383 g/mol. The predicted octanol–water partition coefficient (Wildman–Crippen LogP) is 2.86. The number of aromatic nitrogens is 1. The summed E-state index contributed by atoms with van der Waals surface area (Å²) >= 11 is 0. The lowest BCUT2D eigenvalue weighted by molar-refractivity contribution is -0.384. The number of nitrogens with two attached hydrogens (primary N) is 1. The molecule has 0 saturated carbocycles. The monoisotopic (exact) mass is 383 g/mol. The van der Waals surface area contributed by atoms with Crippen LogP contribution in [0.3, 0.4) is 0 Å². The van der Waals surface area contributed by atoms with Crippen molar-refractivity contribution in [1.29, 1.82) is 0 Å². The zero-order valence-corrected chi connectivity index (χ0v) is 15.2. The van der Waals surface area contributed by atoms with Crippen molar-refractivity contribution in [1.82, 2.24) is 4.57 Å². The highest BCUT2D eigenvalue weighted by Crippen LogP contribution is 2.30. The van der Waals surface area contributed by atoms with Crippen molar-refractivity contribution in [2.24, 2.45) is 5.73 Å². The van der Waals surface area contributed by atoms with Crippen molar-refractivity contribution >= 4 is 28.6 Å². The van der Waals surface area contributed by atoms with E-state index in [0.717, 1.165) is 5.56 Å². The number of carbonyl (C=O) groups excluding carboxylic acids is 2. The molecule has 0 saturated heterocycles. The number of non-ortho nitro benzene ring substituents is 1. The first kappa shape index (κ1) is 18.9. The second kappa shape index (κ2) is 7.39. The summed E-state index contributed by atoms with van der Waals surface area (Å²) in [5, 5.41) is 11.7. The van der Waals surface area contributed by atoms with Gasteiger partial charge in [0, 0.05) is 30.1 Å². The summed E-state index contributed by atoms with van der Waals surface area (Å²) in [6, 6.07) is 8.36. The Morgan fingerprint density at radius 1 is 1.14 bits per heavy atom. The van der Waals surface area contributed by atoms with Gasteiger partial charge in [-0.3, -0.25) is 14.7 Å². The van der Waals surface area contributed by atoms with Crippen LogP contribution in [-0.4, -0.2) is 35.7 Å². The first-order valence-corrected chi connectivity index (χ1v) is 8.19. The van der Waals surface area contributed by atoms with Gasteiger partial charge in [-0.25, -0.2) is 9.59 Å². The Hall–Kier alpha value is -3.88. The summed E-state index contributed by atoms with van der Waals surface area (Å²) in [7, 11) is 2.76. The van der Waals surface area contributed by atoms with E-state index in [9.17, 15) is 19.7 Å². The van der Waals surface area contributed by atoms with E-state index in [1.807, 2.05) is 0 Å². The zero-order chi connectivity index (χ0) is 20.4. The lowest BCUT2D eigenvalue weighted by Crippen LogP contribution is -2.18. The van der Waals surface area contributed by atoms with E-state index in [2.05, 4.69) is 0 Å². The van der Waals surface area contributed by atoms with Gasteiger partial charge >= 0.3 is 12.0 Å². The molecular formula is C19H17N3O6. The number of nitrogens with zero attached hydrogens (tertiary/aromatic N) is 2. The van der Waals surface area contributed by atoms with E-state index in [-0.39, 0.29) is 5.69 Å². The van der Waals surface area contributed by atoms with Crippen LogP contribution in [0.4, 0.5) is 10.5 Å². The van der Waals surface area contributed by atoms with Crippen LogP contribution in [0, 0.1) is 10.1 Å². The number of hydrogen-bond acceptors (Lipinski definition) is 6. The van der Waals surface area contributed by atoms with Crippen LogP contribution in [0.1, 0.15) is 21.5 Å². The number of benzene rings is 2. The van der Waals surface area contributed by atoms with Gasteiger partial charge in [-0.15, -0.1) is 0 Å². The van der Waals surface area contributed by atoms with Gasteiger partial charge < -0.3 is 15.2 Å². The molecule has 1 heterocycles. The highest BCUT2D eigenvalue weighted by atomic mass is 16.6. The molecule has 2 N–H and O–H groups in total. The first-order chi connectivity index (χ1) is 13.3. The van der Waals surface area contributed by atoms with Crippen LogP contribution < -0.4 is 10.5 Å². The molecule has 0 atom stereocenters. The minimum Gasteiger partial charge on any atom is -0.496 e. The highest BCUT2D eigenvalue weighted by molar-refractivity contribution is 5.94. The second-order valence-electron chi connectivity index (χ2n) is 6.02. The summed E-state index contributed by atoms with van der Waals surface area (Å²) in [6.07, 6.45) is 1.85. The molecule has 0 fully saturated rings. The van der Waals surface area contributed by atoms with Crippen molar-refractivity contribution in [3.05, 3.63) is 69.4 Å². The Balaban J connectivity index is 2.11. The molecule has 1 aromatic heterocycles. The van der Waals surface area contributed by atoms with Crippen LogP contribution in [0.15, 0.2) is 42.6 Å². The van der Waals surface area contributed by atoms with Crippen molar-refractivity contribution in [3.8, 4) is 5.75 Å². The SMILES string of the molecule is COC(=O)c1ccc(Cc2cn(C(N)=O)c3ccc([N+](=O)[O-])cc23)c(OC)c1. The number of rotatable bonds is 5. The fraction of sp³-hybridized carbons (Fsp3) is 0.158. The lowest BCUT2D eigenvalue weighted by atomic mass is 10.0. The second-order valence-corrected chi connectivity index (χ2v) is 6.02. The maximum absolute atomic E-state index is 11.8. The Kier molecular flexibility index (Phi) is 4.99. The normalized spacial score (nSPS) is 10.6. The van der Waals surface area contributed by atoms with Gasteiger partial charge in [0.2, 0.25) is 0 Å². The molecule has 0 aliphatic rings. The number of primary amides is 1. The summed E-state index contributed by atoms with van der Waals surface area (Å²) in [4.78, 5) is 34.1. The van der Waals surface area contributed by atoms with Crippen LogP contribution in [-0.2, 0) is 11.2 Å². The molecule has 0 aliphatic heterocycles. The average Bonchev–Trinajstić information content (AvgIpc) is 3.05. The molecule has 1 amide bonds. The number of fused-ring (bicyclic) bond motifs is 1. The number of nitro groups is 1. The predicted molar refractivity (Wildman–Crippen MR) is 101 cm³/mol. The quantitative estimate of drug-likeness (QED) is 0.410. The first-order valence-electron chi connectivity index (χ1n) is 8.19. The molecule has 0 radical (unpaired) electrons. The third-order valence-electron chi connectivity index (χ3n) is 4.41. The van der Waals surface area contributed by atoms with Gasteiger partial charge in [-0.2, -0.15) is 0 Å². The van der Waals surface area contributed by atoms with Crippen molar-refractivity contribution in [2.75, 3.05) is 14.2 Å². The summed E-state index contributed by atoms with van der Waals surface area (Å²) < 4.78 is 11.3. The molecule has 28 heavy (non-hydrogen) atoms. The van der Waals surface area contributed by atoms with E-state index in [0.29, 0.717) is 34.2 Å². The van der Waals surface area contributed by atoms with Crippen LogP contribution in [0.5, 0.6) is 5.75 Å². The smallest absolute Gasteiger partial charge is 0.337 e. The maximum atomic E-state index is 11.8. The van der Waals surface area contributed by atoms with Crippen LogP contribution >= 0.6 is 0 Å². The largest absolute Gasteiger partial charge is 0.496 e. The Bertz CT molecular complexity index is 1100. The number of carbonyl (C=O) groups is 2. The molecule has 2 aromatic carbocycles. The standard InChI is InChI=1S/C19H17N3O6/c1-27-17-8-12(18(23)28-2)4-3-11(17)7-13-10-21(19(20)24)16-6-5-14(22(25)26)9-15(13)16/h3-6,8-10H,7H2,1-2H3,(H2,20,24). The number of methoxy groups -OCH3 is 2. The van der Waals surface area contributed by atoms with Crippen LogP contribution in [0.2, 0.25) is 0 Å². The van der Waals surface area contributed by atoms with Crippen LogP contribution in [0.25, 0.3) is 10.9 Å². The van der Waals surface area contributed by atoms with Gasteiger partial charge in [-0.05, 0) is 29.3 Å². The molecule has 9 heteroatoms. The number of esters is 1. The molecule has 0 bridgehead atoms. The maximum Gasteiger partial charge on any atom is 0.337 e. The third-order valence-corrected chi connectivity index (χ3v) is 4.41. The van der Waals surface area contributed by atoms with E-state index >= 15 is 0 Å². The van der Waals surface area contributed by atoms with E-state index in [4.69, 9.17) is 15.2 Å². The third kappa shape index (κ3) is 3.37. The number of nitro benzene ring substituents is 1.